The van der Waals surface area contributed by atoms with E-state index < -0.39 is 0 Å². The number of benzene rings is 2. The van der Waals surface area contributed by atoms with Crippen molar-refractivity contribution in [3.63, 3.8) is 0 Å². The van der Waals surface area contributed by atoms with E-state index in [0.717, 1.165) is 31.0 Å². The third-order valence-corrected chi connectivity index (χ3v) is 5.16. The molecule has 0 unspecified atom stereocenters. The Morgan fingerprint density at radius 3 is 2.62 bits per heavy atom. The van der Waals surface area contributed by atoms with E-state index in [2.05, 4.69) is 21.2 Å². The fourth-order valence-corrected chi connectivity index (χ4v) is 3.66. The summed E-state index contributed by atoms with van der Waals surface area (Å²) in [6.45, 7) is 0. The van der Waals surface area contributed by atoms with Crippen LogP contribution >= 0.6 is 27.5 Å². The van der Waals surface area contributed by atoms with Gasteiger partial charge in [-0.3, -0.25) is 14.5 Å². The summed E-state index contributed by atoms with van der Waals surface area (Å²) in [5, 5.41) is 4.37. The third kappa shape index (κ3) is 4.10. The second-order valence-corrected chi connectivity index (χ2v) is 7.44. The summed E-state index contributed by atoms with van der Waals surface area (Å²) < 4.78 is 0. The Hall–Kier alpha value is -1.85. The molecule has 0 radical (unpaired) electrons. The Labute approximate surface area is 166 Å². The highest BCUT2D eigenvalue weighted by Gasteiger charge is 2.28. The fraction of sp³-hybridized carbons (Fsp3) is 0.300. The number of halogens is 2. The van der Waals surface area contributed by atoms with Crippen molar-refractivity contribution in [2.75, 3.05) is 15.5 Å². The molecular weight excluding hydrogens is 416 g/mol. The molecule has 4 nitrogen and oxygen atoms in total. The van der Waals surface area contributed by atoms with Crippen molar-refractivity contribution in [1.82, 2.24) is 0 Å². The minimum absolute atomic E-state index is 0.0173. The molecule has 1 aliphatic heterocycles. The summed E-state index contributed by atoms with van der Waals surface area (Å²) in [5.74, 6) is -0.256. The van der Waals surface area contributed by atoms with Crippen LogP contribution < -0.4 is 10.2 Å². The first-order valence-corrected chi connectivity index (χ1v) is 10.2. The average molecular weight is 436 g/mol. The number of hydrogen-bond donors (Lipinski definition) is 1. The van der Waals surface area contributed by atoms with Crippen LogP contribution in [0.5, 0.6) is 0 Å². The van der Waals surface area contributed by atoms with Crippen molar-refractivity contribution in [1.29, 1.82) is 0 Å². The first-order valence-electron chi connectivity index (χ1n) is 8.70. The van der Waals surface area contributed by atoms with Crippen LogP contribution in [0.25, 0.3) is 0 Å². The Kier molecular flexibility index (Phi) is 6.33. The van der Waals surface area contributed by atoms with Gasteiger partial charge in [0.15, 0.2) is 0 Å². The van der Waals surface area contributed by atoms with E-state index in [1.165, 1.54) is 0 Å². The molecule has 2 aromatic rings. The van der Waals surface area contributed by atoms with Crippen LogP contribution in [0.3, 0.4) is 0 Å². The standard InChI is InChI=1S/C20H20BrClN2O2/c21-12-6-2-1-3-9-19(25)24-17-8-5-4-7-15(17)20(26)23-16-13-14(22)10-11-18(16)24/h4-5,7-8,10-11,13H,1-3,6,9,12H2,(H,23,26). The van der Waals surface area contributed by atoms with Gasteiger partial charge in [0.25, 0.3) is 5.91 Å². The van der Waals surface area contributed by atoms with Crippen molar-refractivity contribution in [2.24, 2.45) is 0 Å². The number of nitrogens with zero attached hydrogens (tertiary/aromatic N) is 1. The molecule has 0 fully saturated rings. The van der Waals surface area contributed by atoms with Crippen molar-refractivity contribution < 1.29 is 9.59 Å². The molecule has 0 spiro atoms. The number of amides is 2. The van der Waals surface area contributed by atoms with Crippen LogP contribution in [0.15, 0.2) is 42.5 Å². The highest BCUT2D eigenvalue weighted by Crippen LogP contribution is 2.39. The number of carbonyl (C=O) groups is 2. The number of alkyl halides is 1. The van der Waals surface area contributed by atoms with E-state index in [9.17, 15) is 9.59 Å². The molecule has 1 N–H and O–H groups in total. The van der Waals surface area contributed by atoms with Crippen LogP contribution in [-0.2, 0) is 4.79 Å². The van der Waals surface area contributed by atoms with Crippen LogP contribution in [-0.4, -0.2) is 17.1 Å². The van der Waals surface area contributed by atoms with Crippen LogP contribution in [0.4, 0.5) is 17.1 Å². The molecule has 2 amide bonds. The van der Waals surface area contributed by atoms with Crippen molar-refractivity contribution >= 4 is 56.4 Å². The molecule has 0 aliphatic carbocycles. The second kappa shape index (κ2) is 8.69. The molecule has 2 aromatic carbocycles. The third-order valence-electron chi connectivity index (χ3n) is 4.36. The van der Waals surface area contributed by atoms with Crippen LogP contribution in [0.2, 0.25) is 5.02 Å². The van der Waals surface area contributed by atoms with E-state index in [1.807, 2.05) is 6.07 Å². The van der Waals surface area contributed by atoms with Gasteiger partial charge in [0.2, 0.25) is 5.91 Å². The first kappa shape index (κ1) is 18.9. The summed E-state index contributed by atoms with van der Waals surface area (Å²) in [6.07, 6.45) is 4.49. The number of nitrogens with one attached hydrogen (secondary N) is 1. The molecule has 0 saturated heterocycles. The van der Waals surface area contributed by atoms with E-state index in [4.69, 9.17) is 11.6 Å². The molecule has 6 heteroatoms. The molecule has 136 valence electrons. The zero-order valence-corrected chi connectivity index (χ0v) is 16.6. The predicted molar refractivity (Wildman–Crippen MR) is 110 cm³/mol. The van der Waals surface area contributed by atoms with Gasteiger partial charge in [0, 0.05) is 16.8 Å². The van der Waals surface area contributed by atoms with Gasteiger partial charge in [0.1, 0.15) is 0 Å². The highest BCUT2D eigenvalue weighted by atomic mass is 79.9. The number of rotatable bonds is 6. The Balaban J connectivity index is 1.93. The van der Waals surface area contributed by atoms with Gasteiger partial charge in [-0.05, 0) is 43.2 Å². The molecule has 26 heavy (non-hydrogen) atoms. The van der Waals surface area contributed by atoms with Crippen molar-refractivity contribution in [3.05, 3.63) is 53.1 Å². The van der Waals surface area contributed by atoms with Crippen LogP contribution in [0, 0.1) is 0 Å². The number of anilines is 3. The average Bonchev–Trinajstić information content (AvgIpc) is 2.75. The smallest absolute Gasteiger partial charge is 0.257 e. The fourth-order valence-electron chi connectivity index (χ4n) is 3.09. The lowest BCUT2D eigenvalue weighted by Gasteiger charge is -2.24. The molecule has 0 bridgehead atoms. The van der Waals surface area contributed by atoms with E-state index in [-0.39, 0.29) is 11.8 Å². The molecule has 0 atom stereocenters. The van der Waals surface area contributed by atoms with Gasteiger partial charge in [-0.15, -0.1) is 0 Å². The lowest BCUT2D eigenvalue weighted by molar-refractivity contribution is -0.118. The first-order chi connectivity index (χ1) is 12.6. The summed E-state index contributed by atoms with van der Waals surface area (Å²) in [4.78, 5) is 27.3. The quantitative estimate of drug-likeness (QED) is 0.452. The Morgan fingerprint density at radius 2 is 1.81 bits per heavy atom. The SMILES string of the molecule is O=C1Nc2cc(Cl)ccc2N(C(=O)CCCCCCBr)c2ccccc21. The van der Waals surface area contributed by atoms with Crippen LogP contribution in [0.1, 0.15) is 42.5 Å². The van der Waals surface area contributed by atoms with Gasteiger partial charge in [-0.25, -0.2) is 0 Å². The van der Waals surface area contributed by atoms with E-state index >= 15 is 0 Å². The monoisotopic (exact) mass is 434 g/mol. The largest absolute Gasteiger partial charge is 0.320 e. The summed E-state index contributed by atoms with van der Waals surface area (Å²) in [7, 11) is 0. The van der Waals surface area contributed by atoms with Crippen molar-refractivity contribution in [2.45, 2.75) is 32.1 Å². The Morgan fingerprint density at radius 1 is 1.04 bits per heavy atom. The predicted octanol–water partition coefficient (Wildman–Crippen LogP) is 5.92. The summed E-state index contributed by atoms with van der Waals surface area (Å²) in [6, 6.07) is 12.4. The highest BCUT2D eigenvalue weighted by molar-refractivity contribution is 9.09. The molecule has 1 heterocycles. The normalized spacial score (nSPS) is 12.8. The number of fused-ring (bicyclic) bond motifs is 2. The lowest BCUT2D eigenvalue weighted by Crippen LogP contribution is -2.26. The van der Waals surface area contributed by atoms with Gasteiger partial charge in [0.05, 0.1) is 22.6 Å². The zero-order chi connectivity index (χ0) is 18.5. The summed E-state index contributed by atoms with van der Waals surface area (Å²) >= 11 is 9.51. The number of unbranched alkanes of at least 4 members (excludes halogenated alkanes) is 3. The van der Waals surface area contributed by atoms with Gasteiger partial charge >= 0.3 is 0 Å². The minimum atomic E-state index is -0.239. The maximum absolute atomic E-state index is 13.0. The minimum Gasteiger partial charge on any atom is -0.320 e. The molecule has 0 saturated carbocycles. The van der Waals surface area contributed by atoms with Gasteiger partial charge in [-0.2, -0.15) is 0 Å². The maximum atomic E-state index is 13.0. The molecule has 1 aliphatic rings. The Bertz CT molecular complexity index is 825. The zero-order valence-electron chi connectivity index (χ0n) is 14.3. The van der Waals surface area contributed by atoms with Gasteiger partial charge < -0.3 is 5.32 Å². The maximum Gasteiger partial charge on any atom is 0.257 e. The topological polar surface area (TPSA) is 49.4 Å². The number of hydrogen-bond acceptors (Lipinski definition) is 2. The second-order valence-electron chi connectivity index (χ2n) is 6.22. The number of carbonyl (C=O) groups excluding carboxylic acids is 2. The lowest BCUT2D eigenvalue weighted by atomic mass is 10.1. The van der Waals surface area contributed by atoms with E-state index in [0.29, 0.717) is 34.1 Å². The summed E-state index contributed by atoms with van der Waals surface area (Å²) in [5.41, 5.74) is 2.29. The van der Waals surface area contributed by atoms with Gasteiger partial charge in [-0.1, -0.05) is 52.5 Å². The van der Waals surface area contributed by atoms with E-state index in [1.54, 1.807) is 41.3 Å². The number of para-hydroxylation sites is 1. The molecule has 3 rings (SSSR count). The molecule has 0 aromatic heterocycles. The van der Waals surface area contributed by atoms with Crippen molar-refractivity contribution in [3.8, 4) is 0 Å². The molecular formula is C20H20BrClN2O2.